The second kappa shape index (κ2) is 6.89. The average molecular weight is 412 g/mol. The molecule has 0 saturated carbocycles. The summed E-state index contributed by atoms with van der Waals surface area (Å²) >= 11 is 0. The van der Waals surface area contributed by atoms with E-state index in [1.807, 2.05) is 0 Å². The van der Waals surface area contributed by atoms with Gasteiger partial charge in [-0.25, -0.2) is 4.79 Å². The molecule has 4 fully saturated rings. The highest BCUT2D eigenvalue weighted by Gasteiger charge is 2.65. The molecule has 0 aromatic heterocycles. The second-order valence-corrected chi connectivity index (χ2v) is 7.85. The topological polar surface area (TPSA) is 164 Å². The minimum Gasteiger partial charge on any atom is -0.478 e. The number of aliphatic hydroxyl groups is 2. The fourth-order valence-corrected chi connectivity index (χ4v) is 3.68. The van der Waals surface area contributed by atoms with Crippen molar-refractivity contribution in [3.8, 4) is 0 Å². The first-order valence-electron chi connectivity index (χ1n) is 8.99. The third-order valence-electron chi connectivity index (χ3n) is 5.11. The van der Waals surface area contributed by atoms with Crippen molar-refractivity contribution in [3.05, 3.63) is 23.8 Å². The molecule has 0 aliphatic carbocycles. The molecule has 2 bridgehead atoms. The number of carbonyl (C=O) groups is 3. The number of aliphatic hydroxyl groups excluding tert-OH is 1. The zero-order valence-electron chi connectivity index (χ0n) is 16.2. The van der Waals surface area contributed by atoms with Gasteiger partial charge in [-0.15, -0.1) is 0 Å². The monoisotopic (exact) mass is 412 g/mol. The average Bonchev–Trinajstić information content (AvgIpc) is 2.90. The molecular weight excluding hydrogens is 388 g/mol. The van der Waals surface area contributed by atoms with Gasteiger partial charge in [-0.2, -0.15) is 0 Å². The molecule has 11 nitrogen and oxygen atoms in total. The molecule has 29 heavy (non-hydrogen) atoms. The van der Waals surface area contributed by atoms with Crippen LogP contribution < -0.4 is 10.6 Å². The van der Waals surface area contributed by atoms with Crippen LogP contribution in [0.15, 0.2) is 23.8 Å². The number of ether oxygens (including phenoxy) is 3. The minimum atomic E-state index is -2.42. The Bertz CT molecular complexity index is 807. The zero-order chi connectivity index (χ0) is 21.7. The van der Waals surface area contributed by atoms with E-state index in [9.17, 15) is 24.6 Å². The molecule has 4 saturated heterocycles. The van der Waals surface area contributed by atoms with Gasteiger partial charge in [-0.05, 0) is 32.8 Å². The summed E-state index contributed by atoms with van der Waals surface area (Å²) in [5, 5.41) is 35.0. The third kappa shape index (κ3) is 3.55. The van der Waals surface area contributed by atoms with E-state index in [1.165, 1.54) is 13.0 Å². The van der Waals surface area contributed by atoms with Crippen molar-refractivity contribution in [1.82, 2.24) is 10.6 Å². The first-order chi connectivity index (χ1) is 13.3. The van der Waals surface area contributed by atoms with Gasteiger partial charge in [-0.3, -0.25) is 9.59 Å². The Balaban J connectivity index is 1.94. The molecular formula is C18H24N2O9. The largest absolute Gasteiger partial charge is 0.478 e. The Hall–Kier alpha value is -2.31. The molecule has 4 aliphatic heterocycles. The smallest absolute Gasteiger partial charge is 0.328 e. The van der Waals surface area contributed by atoms with Gasteiger partial charge >= 0.3 is 5.97 Å². The van der Waals surface area contributed by atoms with Crippen LogP contribution in [0.4, 0.5) is 0 Å². The summed E-state index contributed by atoms with van der Waals surface area (Å²) in [7, 11) is 0. The molecule has 4 aliphatic rings. The number of amides is 2. The quantitative estimate of drug-likeness (QED) is 0.346. The maximum absolute atomic E-state index is 12.9. The minimum absolute atomic E-state index is 0.0117. The standard InChI is InChI=1S/C18H24N2O9/c1-15(2)28-9-16(3,29-15)12(23)18-14(25)19-17(26,13(24)20-18)10(7-8-27-18)5-4-6-11(21)22/h4-6,12,23,26H,7-9H2,1-3H3,(H,19,25)(H,20,24)(H,21,22)/b6-4+,10-5+/t12-,16-,17+,18-/m0/s1. The van der Waals surface area contributed by atoms with Crippen LogP contribution in [0.5, 0.6) is 0 Å². The van der Waals surface area contributed by atoms with Crippen molar-refractivity contribution in [1.29, 1.82) is 0 Å². The molecule has 160 valence electrons. The Morgan fingerprint density at radius 1 is 1.17 bits per heavy atom. The van der Waals surface area contributed by atoms with Gasteiger partial charge in [0.15, 0.2) is 5.79 Å². The van der Waals surface area contributed by atoms with E-state index in [0.29, 0.717) is 0 Å². The summed E-state index contributed by atoms with van der Waals surface area (Å²) in [5.74, 6) is -4.25. The summed E-state index contributed by atoms with van der Waals surface area (Å²) in [6.07, 6.45) is 1.47. The molecule has 5 N–H and O–H groups in total. The lowest BCUT2D eigenvalue weighted by atomic mass is 9.84. The summed E-state index contributed by atoms with van der Waals surface area (Å²) in [4.78, 5) is 36.3. The molecule has 0 aromatic carbocycles. The van der Waals surface area contributed by atoms with Crippen LogP contribution in [0.2, 0.25) is 0 Å². The molecule has 0 aromatic rings. The van der Waals surface area contributed by atoms with Crippen LogP contribution in [-0.4, -0.2) is 75.3 Å². The van der Waals surface area contributed by atoms with E-state index >= 15 is 0 Å². The van der Waals surface area contributed by atoms with Gasteiger partial charge in [0.05, 0.1) is 13.2 Å². The summed E-state index contributed by atoms with van der Waals surface area (Å²) < 4.78 is 16.9. The summed E-state index contributed by atoms with van der Waals surface area (Å²) in [6.45, 7) is 4.58. The lowest BCUT2D eigenvalue weighted by molar-refractivity contribution is -0.240. The van der Waals surface area contributed by atoms with E-state index < -0.39 is 46.7 Å². The van der Waals surface area contributed by atoms with Crippen LogP contribution in [-0.2, 0) is 28.6 Å². The number of nitrogens with one attached hydrogen (secondary N) is 2. The number of aliphatic carboxylic acids is 1. The predicted octanol–water partition coefficient (Wildman–Crippen LogP) is -1.49. The van der Waals surface area contributed by atoms with Crippen LogP contribution in [0.1, 0.15) is 27.2 Å². The highest BCUT2D eigenvalue weighted by molar-refractivity contribution is 6.03. The Kier molecular flexibility index (Phi) is 5.08. The van der Waals surface area contributed by atoms with Crippen molar-refractivity contribution >= 4 is 17.8 Å². The predicted molar refractivity (Wildman–Crippen MR) is 94.9 cm³/mol. The molecule has 4 rings (SSSR count). The highest BCUT2D eigenvalue weighted by atomic mass is 16.8. The van der Waals surface area contributed by atoms with Gasteiger partial charge in [0.1, 0.15) is 11.7 Å². The molecule has 0 radical (unpaired) electrons. The Morgan fingerprint density at radius 3 is 2.45 bits per heavy atom. The number of carbonyl (C=O) groups excluding carboxylic acids is 2. The maximum atomic E-state index is 12.9. The number of carboxylic acids is 1. The number of piperazine rings is 1. The lowest BCUT2D eigenvalue weighted by Gasteiger charge is -2.50. The fourth-order valence-electron chi connectivity index (χ4n) is 3.68. The molecule has 0 unspecified atom stereocenters. The van der Waals surface area contributed by atoms with Crippen LogP contribution in [0.3, 0.4) is 0 Å². The van der Waals surface area contributed by atoms with E-state index in [4.69, 9.17) is 19.3 Å². The molecule has 4 atom stereocenters. The summed E-state index contributed by atoms with van der Waals surface area (Å²) in [6, 6.07) is 0. The van der Waals surface area contributed by atoms with E-state index in [2.05, 4.69) is 10.6 Å². The van der Waals surface area contributed by atoms with Crippen LogP contribution in [0, 0.1) is 0 Å². The van der Waals surface area contributed by atoms with Gasteiger partial charge in [-0.1, -0.05) is 12.2 Å². The lowest BCUT2D eigenvalue weighted by Crippen LogP contribution is -2.82. The van der Waals surface area contributed by atoms with Crippen molar-refractivity contribution in [2.45, 2.75) is 56.1 Å². The van der Waals surface area contributed by atoms with Gasteiger partial charge in [0, 0.05) is 6.08 Å². The zero-order valence-corrected chi connectivity index (χ0v) is 16.2. The number of allylic oxidation sites excluding steroid dienone is 2. The summed E-state index contributed by atoms with van der Waals surface area (Å²) in [5.41, 5.74) is -5.98. The van der Waals surface area contributed by atoms with Crippen molar-refractivity contribution in [3.63, 3.8) is 0 Å². The number of fused-ring (bicyclic) bond motifs is 5. The Morgan fingerprint density at radius 2 is 1.86 bits per heavy atom. The van der Waals surface area contributed by atoms with Crippen molar-refractivity contribution in [2.75, 3.05) is 13.2 Å². The van der Waals surface area contributed by atoms with E-state index in [1.54, 1.807) is 13.8 Å². The van der Waals surface area contributed by atoms with E-state index in [0.717, 1.165) is 12.2 Å². The fraction of sp³-hybridized carbons (Fsp3) is 0.611. The molecule has 11 heteroatoms. The Labute approximate surface area is 166 Å². The van der Waals surface area contributed by atoms with Gasteiger partial charge < -0.3 is 40.2 Å². The number of hydrogen-bond donors (Lipinski definition) is 5. The number of carboxylic acid groups (broad SMARTS) is 1. The van der Waals surface area contributed by atoms with Crippen LogP contribution in [0.25, 0.3) is 0 Å². The first-order valence-corrected chi connectivity index (χ1v) is 8.99. The van der Waals surface area contributed by atoms with E-state index in [-0.39, 0.29) is 25.2 Å². The normalized spacial score (nSPS) is 39.1. The van der Waals surface area contributed by atoms with Gasteiger partial charge in [0.25, 0.3) is 17.5 Å². The molecule has 4 heterocycles. The van der Waals surface area contributed by atoms with Gasteiger partial charge in [0.2, 0.25) is 5.72 Å². The van der Waals surface area contributed by atoms with Crippen molar-refractivity contribution in [2.24, 2.45) is 0 Å². The van der Waals surface area contributed by atoms with Crippen molar-refractivity contribution < 1.29 is 43.9 Å². The first kappa shape index (κ1) is 21.4. The van der Waals surface area contributed by atoms with Crippen LogP contribution >= 0.6 is 0 Å². The maximum Gasteiger partial charge on any atom is 0.328 e. The SMILES string of the molecule is CC1(C)OC[C@@](C)([C@H](O)[C@@]23NC(=O)[C@@](O)(NC2=O)/C(=C/C=C/C(=O)O)CCO3)O1. The molecule has 2 amide bonds. The number of rotatable bonds is 4. The second-order valence-electron chi connectivity index (χ2n) is 7.85. The molecule has 0 spiro atoms. The number of hydrogen-bond acceptors (Lipinski definition) is 8. The third-order valence-corrected chi connectivity index (χ3v) is 5.11. The highest BCUT2D eigenvalue weighted by Crippen LogP contribution is 2.40.